The minimum atomic E-state index is -0.350. The molecule has 0 radical (unpaired) electrons. The summed E-state index contributed by atoms with van der Waals surface area (Å²) in [4.78, 5) is 38.9. The highest BCUT2D eigenvalue weighted by Gasteiger charge is 2.36. The predicted octanol–water partition coefficient (Wildman–Crippen LogP) is 3.37. The lowest BCUT2D eigenvalue weighted by Gasteiger charge is -2.25. The average Bonchev–Trinajstić information content (AvgIpc) is 2.93. The van der Waals surface area contributed by atoms with E-state index >= 15 is 0 Å². The van der Waals surface area contributed by atoms with Crippen molar-refractivity contribution >= 4 is 41.5 Å². The zero-order chi connectivity index (χ0) is 19.0. The highest BCUT2D eigenvalue weighted by Crippen LogP contribution is 2.30. The summed E-state index contributed by atoms with van der Waals surface area (Å²) in [6.07, 6.45) is 3.43. The molecule has 1 heterocycles. The van der Waals surface area contributed by atoms with Gasteiger partial charge in [-0.3, -0.25) is 14.4 Å². The van der Waals surface area contributed by atoms with Gasteiger partial charge in [0.15, 0.2) is 0 Å². The van der Waals surface area contributed by atoms with Crippen molar-refractivity contribution in [2.24, 2.45) is 11.7 Å². The topological polar surface area (TPSA) is 92.5 Å². The first kappa shape index (κ1) is 20.0. The van der Waals surface area contributed by atoms with Crippen LogP contribution in [0.15, 0.2) is 48.5 Å². The first-order chi connectivity index (χ1) is 13.0. The zero-order valence-corrected chi connectivity index (χ0v) is 16.1. The van der Waals surface area contributed by atoms with Crippen molar-refractivity contribution in [3.05, 3.63) is 59.7 Å². The lowest BCUT2D eigenvalue weighted by atomic mass is 9.85. The van der Waals surface area contributed by atoms with Gasteiger partial charge < -0.3 is 11.1 Å². The molecule has 2 aromatic carbocycles. The fourth-order valence-electron chi connectivity index (χ4n) is 3.86. The molecule has 1 aliphatic heterocycles. The van der Waals surface area contributed by atoms with Crippen LogP contribution in [0.4, 0.5) is 11.4 Å². The fourth-order valence-corrected chi connectivity index (χ4v) is 3.86. The molecule has 1 saturated carbocycles. The minimum absolute atomic E-state index is 0. The summed E-state index contributed by atoms with van der Waals surface area (Å²) in [6.45, 7) is 0. The number of rotatable bonds is 3. The van der Waals surface area contributed by atoms with Crippen LogP contribution in [0.5, 0.6) is 0 Å². The molecule has 0 bridgehead atoms. The van der Waals surface area contributed by atoms with Crippen molar-refractivity contribution in [2.75, 3.05) is 10.2 Å². The molecular weight excluding hydrogens is 378 g/mol. The normalized spacial score (nSPS) is 21.1. The van der Waals surface area contributed by atoms with Crippen LogP contribution in [-0.4, -0.2) is 23.8 Å². The van der Waals surface area contributed by atoms with Gasteiger partial charge in [0.25, 0.3) is 11.8 Å². The molecule has 6 nitrogen and oxygen atoms in total. The highest BCUT2D eigenvalue weighted by molar-refractivity contribution is 6.34. The fraction of sp³-hybridized carbons (Fsp3) is 0.286. The summed E-state index contributed by atoms with van der Waals surface area (Å²) in [6, 6.07) is 13.7. The second-order valence-corrected chi connectivity index (χ2v) is 7.15. The van der Waals surface area contributed by atoms with Gasteiger partial charge in [-0.25, -0.2) is 4.90 Å². The van der Waals surface area contributed by atoms with Gasteiger partial charge in [-0.1, -0.05) is 24.6 Å². The Bertz CT molecular complexity index is 896. The molecule has 0 saturated heterocycles. The second-order valence-electron chi connectivity index (χ2n) is 7.15. The molecule has 2 aromatic rings. The Morgan fingerprint density at radius 2 is 1.68 bits per heavy atom. The summed E-state index contributed by atoms with van der Waals surface area (Å²) in [5, 5.41) is 2.90. The van der Waals surface area contributed by atoms with E-state index in [4.69, 9.17) is 5.73 Å². The van der Waals surface area contributed by atoms with Gasteiger partial charge in [0.1, 0.15) is 0 Å². The maximum Gasteiger partial charge on any atom is 0.266 e. The lowest BCUT2D eigenvalue weighted by Crippen LogP contribution is -2.34. The molecule has 2 atom stereocenters. The van der Waals surface area contributed by atoms with Crippen molar-refractivity contribution in [1.82, 2.24) is 0 Å². The van der Waals surface area contributed by atoms with E-state index in [0.29, 0.717) is 28.9 Å². The Balaban J connectivity index is 0.00000225. The van der Waals surface area contributed by atoms with Gasteiger partial charge in [0.2, 0.25) is 5.91 Å². The number of anilines is 2. The molecule has 4 rings (SSSR count). The molecule has 3 N–H and O–H groups in total. The molecule has 2 aliphatic rings. The molecule has 1 fully saturated rings. The number of hydrogen-bond acceptors (Lipinski definition) is 4. The van der Waals surface area contributed by atoms with Crippen LogP contribution < -0.4 is 16.0 Å². The molecule has 7 heteroatoms. The van der Waals surface area contributed by atoms with Crippen LogP contribution in [0.1, 0.15) is 46.4 Å². The maximum absolute atomic E-state index is 12.6. The third-order valence-electron chi connectivity index (χ3n) is 5.25. The Kier molecular flexibility index (Phi) is 5.82. The highest BCUT2D eigenvalue weighted by atomic mass is 35.5. The monoisotopic (exact) mass is 399 g/mol. The molecule has 0 spiro atoms. The third kappa shape index (κ3) is 3.66. The Morgan fingerprint density at radius 3 is 2.32 bits per heavy atom. The number of nitrogens with one attached hydrogen (secondary N) is 1. The molecule has 146 valence electrons. The number of benzene rings is 2. The maximum atomic E-state index is 12.6. The standard InChI is InChI=1S/C21H21N3O3.ClH/c22-14-6-3-5-13(11-14)19(25)23-15-7-4-8-16(12-15)24-20(26)17-9-1-2-10-18(17)21(24)27;/h1-2,4,7-10,12-14H,3,5-6,11,22H2,(H,23,25);1H. The van der Waals surface area contributed by atoms with E-state index in [1.54, 1.807) is 48.5 Å². The van der Waals surface area contributed by atoms with Crippen LogP contribution >= 0.6 is 12.4 Å². The van der Waals surface area contributed by atoms with Gasteiger partial charge in [-0.15, -0.1) is 12.4 Å². The number of imide groups is 1. The van der Waals surface area contributed by atoms with Crippen molar-refractivity contribution in [1.29, 1.82) is 0 Å². The smallest absolute Gasteiger partial charge is 0.266 e. The van der Waals surface area contributed by atoms with E-state index in [-0.39, 0.29) is 42.1 Å². The van der Waals surface area contributed by atoms with Crippen molar-refractivity contribution < 1.29 is 14.4 Å². The van der Waals surface area contributed by atoms with Gasteiger partial charge in [-0.2, -0.15) is 0 Å². The number of nitrogens with two attached hydrogens (primary N) is 1. The van der Waals surface area contributed by atoms with E-state index in [1.807, 2.05) is 0 Å². The zero-order valence-electron chi connectivity index (χ0n) is 15.3. The number of nitrogens with zero attached hydrogens (tertiary/aromatic N) is 1. The molecule has 3 amide bonds. The summed E-state index contributed by atoms with van der Waals surface area (Å²) < 4.78 is 0. The van der Waals surface area contributed by atoms with Crippen molar-refractivity contribution in [2.45, 2.75) is 31.7 Å². The van der Waals surface area contributed by atoms with E-state index in [9.17, 15) is 14.4 Å². The van der Waals surface area contributed by atoms with Crippen molar-refractivity contribution in [3.8, 4) is 0 Å². The van der Waals surface area contributed by atoms with Crippen LogP contribution in [0.25, 0.3) is 0 Å². The average molecular weight is 400 g/mol. The third-order valence-corrected chi connectivity index (χ3v) is 5.25. The summed E-state index contributed by atoms with van der Waals surface area (Å²) in [5.41, 5.74) is 7.77. The lowest BCUT2D eigenvalue weighted by molar-refractivity contribution is -0.120. The second kappa shape index (κ2) is 8.12. The number of carbonyl (C=O) groups excluding carboxylic acids is 3. The number of fused-ring (bicyclic) bond motifs is 1. The predicted molar refractivity (Wildman–Crippen MR) is 110 cm³/mol. The first-order valence-corrected chi connectivity index (χ1v) is 9.19. The number of hydrogen-bond donors (Lipinski definition) is 2. The molecular formula is C21H22ClN3O3. The summed E-state index contributed by atoms with van der Waals surface area (Å²) >= 11 is 0. The van der Waals surface area contributed by atoms with E-state index in [0.717, 1.165) is 24.2 Å². The summed E-state index contributed by atoms with van der Waals surface area (Å²) in [7, 11) is 0. The van der Waals surface area contributed by atoms with Gasteiger partial charge in [0, 0.05) is 17.6 Å². The SMILES string of the molecule is Cl.NC1CCCC(C(=O)Nc2cccc(N3C(=O)c4ccccc4C3=O)c2)C1. The minimum Gasteiger partial charge on any atom is -0.328 e. The van der Waals surface area contributed by atoms with Crippen molar-refractivity contribution in [3.63, 3.8) is 0 Å². The van der Waals surface area contributed by atoms with Gasteiger partial charge in [0.05, 0.1) is 16.8 Å². The summed E-state index contributed by atoms with van der Waals surface area (Å²) in [5.74, 6) is -0.865. The molecule has 1 aliphatic carbocycles. The quantitative estimate of drug-likeness (QED) is 0.774. The number of amides is 3. The Hall–Kier alpha value is -2.70. The van der Waals surface area contributed by atoms with Crippen LogP contribution in [0.3, 0.4) is 0 Å². The van der Waals surface area contributed by atoms with Crippen LogP contribution in [0, 0.1) is 5.92 Å². The van der Waals surface area contributed by atoms with Gasteiger partial charge in [-0.05, 0) is 49.6 Å². The van der Waals surface area contributed by atoms with Crippen LogP contribution in [-0.2, 0) is 4.79 Å². The first-order valence-electron chi connectivity index (χ1n) is 9.19. The Morgan fingerprint density at radius 1 is 1.00 bits per heavy atom. The number of carbonyl (C=O) groups is 3. The van der Waals surface area contributed by atoms with Crippen LogP contribution in [0.2, 0.25) is 0 Å². The molecule has 28 heavy (non-hydrogen) atoms. The number of halogens is 1. The van der Waals surface area contributed by atoms with Gasteiger partial charge >= 0.3 is 0 Å². The van der Waals surface area contributed by atoms with E-state index in [2.05, 4.69) is 5.32 Å². The Labute approximate surface area is 169 Å². The van der Waals surface area contributed by atoms with E-state index in [1.165, 1.54) is 0 Å². The largest absolute Gasteiger partial charge is 0.328 e. The molecule has 0 aromatic heterocycles. The van der Waals surface area contributed by atoms with E-state index < -0.39 is 0 Å². The molecule has 2 unspecified atom stereocenters.